The second kappa shape index (κ2) is 4.89. The van der Waals surface area contributed by atoms with E-state index in [0.717, 1.165) is 4.47 Å². The van der Waals surface area contributed by atoms with E-state index in [-0.39, 0.29) is 6.10 Å². The first kappa shape index (κ1) is 13.1. The normalized spacial score (nSPS) is 22.3. The smallest absolute Gasteiger partial charge is 0.117 e. The van der Waals surface area contributed by atoms with Crippen molar-refractivity contribution in [2.24, 2.45) is 0 Å². The van der Waals surface area contributed by atoms with E-state index in [1.165, 1.54) is 10.8 Å². The van der Waals surface area contributed by atoms with Crippen LogP contribution in [0.15, 0.2) is 59.1 Å². The molecule has 2 atom stereocenters. The molecule has 1 heterocycles. The van der Waals surface area contributed by atoms with E-state index in [0.29, 0.717) is 5.73 Å². The first-order valence-corrected chi connectivity index (χ1v) is 10.4. The zero-order chi connectivity index (χ0) is 13.5. The zero-order valence-electron chi connectivity index (χ0n) is 11.1. The van der Waals surface area contributed by atoms with Crippen LogP contribution in [0.4, 0.5) is 0 Å². The van der Waals surface area contributed by atoms with E-state index in [2.05, 4.69) is 83.6 Å². The van der Waals surface area contributed by atoms with Gasteiger partial charge in [0.2, 0.25) is 0 Å². The Morgan fingerprint density at radius 2 is 1.58 bits per heavy atom. The summed E-state index contributed by atoms with van der Waals surface area (Å²) in [5, 5.41) is 1.47. The van der Waals surface area contributed by atoms with Gasteiger partial charge in [-0.3, -0.25) is 0 Å². The summed E-state index contributed by atoms with van der Waals surface area (Å²) in [4.78, 5) is 0. The van der Waals surface area contributed by atoms with Gasteiger partial charge in [0.15, 0.2) is 0 Å². The summed E-state index contributed by atoms with van der Waals surface area (Å²) in [7, 11) is -1.54. The highest BCUT2D eigenvalue weighted by atomic mass is 79.9. The Morgan fingerprint density at radius 1 is 0.947 bits per heavy atom. The lowest BCUT2D eigenvalue weighted by Crippen LogP contribution is -2.47. The van der Waals surface area contributed by atoms with Crippen molar-refractivity contribution in [2.75, 3.05) is 0 Å². The number of hydrogen-bond donors (Lipinski definition) is 0. The van der Waals surface area contributed by atoms with Crippen molar-refractivity contribution in [2.45, 2.75) is 24.9 Å². The predicted molar refractivity (Wildman–Crippen MR) is 85.3 cm³/mol. The van der Waals surface area contributed by atoms with Crippen LogP contribution in [0.3, 0.4) is 0 Å². The van der Waals surface area contributed by atoms with Crippen molar-refractivity contribution < 1.29 is 4.74 Å². The van der Waals surface area contributed by atoms with E-state index in [4.69, 9.17) is 4.74 Å². The number of halogens is 1. The molecule has 98 valence electrons. The molecule has 0 radical (unpaired) electrons. The summed E-state index contributed by atoms with van der Waals surface area (Å²) in [6.07, 6.45) is 0.287. The molecule has 1 saturated heterocycles. The number of hydrogen-bond acceptors (Lipinski definition) is 1. The molecule has 0 bridgehead atoms. The minimum absolute atomic E-state index is 0.287. The first-order valence-electron chi connectivity index (χ1n) is 6.55. The Balaban J connectivity index is 1.81. The van der Waals surface area contributed by atoms with Crippen LogP contribution in [0.1, 0.15) is 11.7 Å². The van der Waals surface area contributed by atoms with E-state index in [9.17, 15) is 0 Å². The van der Waals surface area contributed by atoms with Crippen LogP contribution in [0.25, 0.3) is 0 Å². The average molecular weight is 333 g/mol. The molecule has 1 aliphatic rings. The van der Waals surface area contributed by atoms with Crippen molar-refractivity contribution in [3.05, 3.63) is 64.6 Å². The van der Waals surface area contributed by atoms with Crippen LogP contribution in [0, 0.1) is 0 Å². The molecule has 0 amide bonds. The van der Waals surface area contributed by atoms with Gasteiger partial charge in [0, 0.05) is 4.47 Å². The van der Waals surface area contributed by atoms with Gasteiger partial charge in [-0.25, -0.2) is 0 Å². The maximum absolute atomic E-state index is 6.01. The Morgan fingerprint density at radius 3 is 2.21 bits per heavy atom. The molecule has 0 unspecified atom stereocenters. The molecule has 1 fully saturated rings. The number of ether oxygens (including phenoxy) is 1. The van der Waals surface area contributed by atoms with Crippen LogP contribution >= 0.6 is 15.9 Å². The first-order chi connectivity index (χ1) is 9.09. The standard InChI is InChI=1S/C16H17BrOSi/c1-19(2,14-6-4-3-5-7-14)16-15(18-16)12-8-10-13(17)11-9-12/h3-11,15-16H,1-2H3/t15-,16+/m0/s1. The molecular weight excluding hydrogens is 316 g/mol. The van der Waals surface area contributed by atoms with Gasteiger partial charge < -0.3 is 4.74 Å². The molecule has 3 heteroatoms. The van der Waals surface area contributed by atoms with E-state index >= 15 is 0 Å². The molecule has 0 spiro atoms. The molecular formula is C16H17BrOSi. The third-order valence-corrected chi connectivity index (χ3v) is 8.13. The van der Waals surface area contributed by atoms with Crippen LogP contribution in [0.5, 0.6) is 0 Å². The number of benzene rings is 2. The fourth-order valence-electron chi connectivity index (χ4n) is 2.60. The minimum atomic E-state index is -1.54. The second-order valence-corrected chi connectivity index (χ2v) is 11.1. The van der Waals surface area contributed by atoms with Crippen molar-refractivity contribution in [1.82, 2.24) is 0 Å². The maximum Gasteiger partial charge on any atom is 0.117 e. The van der Waals surface area contributed by atoms with Gasteiger partial charge in [0.25, 0.3) is 0 Å². The van der Waals surface area contributed by atoms with Crippen LogP contribution in [0.2, 0.25) is 13.1 Å². The third-order valence-electron chi connectivity index (χ3n) is 3.92. The summed E-state index contributed by atoms with van der Waals surface area (Å²) in [6, 6.07) is 19.3. The molecule has 1 aliphatic heterocycles. The SMILES string of the molecule is C[Si](C)(c1ccccc1)[C@H]1O[C@H]1c1ccc(Br)cc1. The van der Waals surface area contributed by atoms with Crippen molar-refractivity contribution >= 4 is 29.2 Å². The van der Waals surface area contributed by atoms with Crippen LogP contribution in [-0.4, -0.2) is 13.8 Å². The average Bonchev–Trinajstić information content (AvgIpc) is 3.22. The molecule has 0 aromatic heterocycles. The van der Waals surface area contributed by atoms with E-state index < -0.39 is 8.07 Å². The molecule has 1 nitrogen and oxygen atoms in total. The fraction of sp³-hybridized carbons (Fsp3) is 0.250. The van der Waals surface area contributed by atoms with Gasteiger partial charge in [0.05, 0.1) is 5.73 Å². The topological polar surface area (TPSA) is 12.5 Å². The van der Waals surface area contributed by atoms with Gasteiger partial charge >= 0.3 is 0 Å². The van der Waals surface area contributed by atoms with Gasteiger partial charge in [-0.15, -0.1) is 0 Å². The predicted octanol–water partition coefficient (Wildman–Crippen LogP) is 4.04. The fourth-order valence-corrected chi connectivity index (χ4v) is 5.68. The molecule has 3 rings (SSSR count). The molecule has 2 aromatic rings. The molecule has 2 aromatic carbocycles. The number of epoxide rings is 1. The van der Waals surface area contributed by atoms with Crippen molar-refractivity contribution in [3.8, 4) is 0 Å². The summed E-state index contributed by atoms with van der Waals surface area (Å²) in [5.41, 5.74) is 1.70. The monoisotopic (exact) mass is 332 g/mol. The summed E-state index contributed by atoms with van der Waals surface area (Å²) >= 11 is 3.47. The third kappa shape index (κ3) is 2.55. The highest BCUT2D eigenvalue weighted by Gasteiger charge is 2.52. The van der Waals surface area contributed by atoms with Gasteiger partial charge in [-0.2, -0.15) is 0 Å². The minimum Gasteiger partial charge on any atom is -0.368 e. The number of rotatable bonds is 3. The molecule has 19 heavy (non-hydrogen) atoms. The summed E-state index contributed by atoms with van der Waals surface area (Å²) < 4.78 is 7.13. The van der Waals surface area contributed by atoms with Gasteiger partial charge in [0.1, 0.15) is 14.2 Å². The van der Waals surface area contributed by atoms with Crippen molar-refractivity contribution in [1.29, 1.82) is 0 Å². The second-order valence-electron chi connectivity index (χ2n) is 5.62. The van der Waals surface area contributed by atoms with Gasteiger partial charge in [-0.05, 0) is 17.7 Å². The lowest BCUT2D eigenvalue weighted by molar-refractivity contribution is 0.401. The van der Waals surface area contributed by atoms with Crippen LogP contribution < -0.4 is 5.19 Å². The summed E-state index contributed by atoms with van der Waals surface area (Å²) in [6.45, 7) is 4.79. The summed E-state index contributed by atoms with van der Waals surface area (Å²) in [5.74, 6) is 0. The quantitative estimate of drug-likeness (QED) is 0.610. The zero-order valence-corrected chi connectivity index (χ0v) is 13.7. The molecule has 0 aliphatic carbocycles. The highest BCUT2D eigenvalue weighted by molar-refractivity contribution is 9.10. The Labute approximate surface area is 123 Å². The lowest BCUT2D eigenvalue weighted by atomic mass is 10.2. The maximum atomic E-state index is 6.01. The molecule has 0 N–H and O–H groups in total. The van der Waals surface area contributed by atoms with E-state index in [1.54, 1.807) is 0 Å². The van der Waals surface area contributed by atoms with Crippen molar-refractivity contribution in [3.63, 3.8) is 0 Å². The lowest BCUT2D eigenvalue weighted by Gasteiger charge is -2.20. The Hall–Kier alpha value is -0.903. The van der Waals surface area contributed by atoms with E-state index in [1.807, 2.05) is 0 Å². The van der Waals surface area contributed by atoms with Gasteiger partial charge in [-0.1, -0.05) is 76.7 Å². The highest BCUT2D eigenvalue weighted by Crippen LogP contribution is 2.44. The molecule has 0 saturated carbocycles. The van der Waals surface area contributed by atoms with Crippen LogP contribution in [-0.2, 0) is 4.74 Å². The Kier molecular flexibility index (Phi) is 3.37. The Bertz CT molecular complexity index is 565. The largest absolute Gasteiger partial charge is 0.368 e.